The van der Waals surface area contributed by atoms with Crippen LogP contribution in [-0.4, -0.2) is 41.3 Å². The van der Waals surface area contributed by atoms with Crippen molar-refractivity contribution < 1.29 is 18.1 Å². The summed E-state index contributed by atoms with van der Waals surface area (Å²) in [5, 5.41) is 11.1. The van der Waals surface area contributed by atoms with Crippen molar-refractivity contribution in [3.8, 4) is 5.75 Å². The number of aromatic nitrogens is 2. The van der Waals surface area contributed by atoms with E-state index in [2.05, 4.69) is 4.98 Å². The van der Waals surface area contributed by atoms with Crippen LogP contribution in [0.4, 0.5) is 5.69 Å². The number of ether oxygens (including phenoxy) is 1. The van der Waals surface area contributed by atoms with E-state index in [9.17, 15) is 18.5 Å². The number of nitro groups is 1. The predicted octanol–water partition coefficient (Wildman–Crippen LogP) is 2.79. The van der Waals surface area contributed by atoms with E-state index in [4.69, 9.17) is 4.74 Å². The van der Waals surface area contributed by atoms with Crippen molar-refractivity contribution in [2.75, 3.05) is 14.1 Å². The van der Waals surface area contributed by atoms with Crippen LogP contribution in [0.15, 0.2) is 47.4 Å². The number of para-hydroxylation sites is 2. The second kappa shape index (κ2) is 7.56. The van der Waals surface area contributed by atoms with Gasteiger partial charge in [0, 0.05) is 26.7 Å². The number of nitro benzene ring substituents is 1. The molecule has 1 heterocycles. The highest BCUT2D eigenvalue weighted by molar-refractivity contribution is 7.89. The van der Waals surface area contributed by atoms with Crippen LogP contribution in [0.1, 0.15) is 12.7 Å². The van der Waals surface area contributed by atoms with Gasteiger partial charge in [-0.25, -0.2) is 17.7 Å². The van der Waals surface area contributed by atoms with Crippen LogP contribution >= 0.6 is 0 Å². The Balaban J connectivity index is 1.97. The summed E-state index contributed by atoms with van der Waals surface area (Å²) in [4.78, 5) is 15.3. The third-order valence-corrected chi connectivity index (χ3v) is 6.12. The van der Waals surface area contributed by atoms with E-state index in [1.54, 1.807) is 18.2 Å². The van der Waals surface area contributed by atoms with Crippen LogP contribution < -0.4 is 4.74 Å². The summed E-state index contributed by atoms with van der Waals surface area (Å²) in [6, 6.07) is 10.9. The van der Waals surface area contributed by atoms with E-state index in [0.29, 0.717) is 17.9 Å². The lowest BCUT2D eigenvalue weighted by Gasteiger charge is -2.11. The standard InChI is InChI=1S/C18H20N4O5S/c1-4-21-15-10-9-13(28(25,26)20(2)3)11-14(15)19-18(21)12-27-17-8-6-5-7-16(17)22(23)24/h5-11H,4,12H2,1-3H3. The van der Waals surface area contributed by atoms with Gasteiger partial charge < -0.3 is 9.30 Å². The molecule has 0 amide bonds. The molecule has 0 saturated heterocycles. The molecule has 0 spiro atoms. The number of aryl methyl sites for hydroxylation is 1. The minimum absolute atomic E-state index is 0.0170. The van der Waals surface area contributed by atoms with Crippen molar-refractivity contribution in [1.29, 1.82) is 0 Å². The van der Waals surface area contributed by atoms with Crippen LogP contribution in [0.2, 0.25) is 0 Å². The Morgan fingerprint density at radius 1 is 1.21 bits per heavy atom. The van der Waals surface area contributed by atoms with E-state index >= 15 is 0 Å². The van der Waals surface area contributed by atoms with Crippen LogP contribution in [0.25, 0.3) is 11.0 Å². The molecule has 3 aromatic rings. The fourth-order valence-corrected chi connectivity index (χ4v) is 3.79. The highest BCUT2D eigenvalue weighted by Gasteiger charge is 2.20. The molecule has 0 fully saturated rings. The largest absolute Gasteiger partial charge is 0.479 e. The first-order chi connectivity index (χ1) is 13.3. The molecule has 10 heteroatoms. The second-order valence-electron chi connectivity index (χ2n) is 6.22. The minimum atomic E-state index is -3.57. The van der Waals surface area contributed by atoms with E-state index in [1.807, 2.05) is 11.5 Å². The van der Waals surface area contributed by atoms with Crippen molar-refractivity contribution in [1.82, 2.24) is 13.9 Å². The van der Waals surface area contributed by atoms with Gasteiger partial charge in [-0.05, 0) is 31.2 Å². The maximum atomic E-state index is 12.4. The highest BCUT2D eigenvalue weighted by Crippen LogP contribution is 2.27. The third-order valence-electron chi connectivity index (χ3n) is 4.31. The Morgan fingerprint density at radius 3 is 2.57 bits per heavy atom. The number of sulfonamides is 1. The Morgan fingerprint density at radius 2 is 1.93 bits per heavy atom. The van der Waals surface area contributed by atoms with Gasteiger partial charge in [-0.1, -0.05) is 12.1 Å². The van der Waals surface area contributed by atoms with Gasteiger partial charge in [0.1, 0.15) is 12.4 Å². The van der Waals surface area contributed by atoms with Gasteiger partial charge in [-0.15, -0.1) is 0 Å². The monoisotopic (exact) mass is 404 g/mol. The number of hydrogen-bond acceptors (Lipinski definition) is 6. The molecule has 0 bridgehead atoms. The zero-order chi connectivity index (χ0) is 20.5. The highest BCUT2D eigenvalue weighted by atomic mass is 32.2. The Kier molecular flexibility index (Phi) is 5.34. The third kappa shape index (κ3) is 3.56. The van der Waals surface area contributed by atoms with Gasteiger partial charge >= 0.3 is 5.69 Å². The van der Waals surface area contributed by atoms with E-state index in [0.717, 1.165) is 9.82 Å². The average molecular weight is 404 g/mol. The fraction of sp³-hybridized carbons (Fsp3) is 0.278. The summed E-state index contributed by atoms with van der Waals surface area (Å²) >= 11 is 0. The number of nitrogens with zero attached hydrogens (tertiary/aromatic N) is 4. The zero-order valence-corrected chi connectivity index (χ0v) is 16.5. The van der Waals surface area contributed by atoms with Gasteiger partial charge in [0.25, 0.3) is 0 Å². The molecule has 0 aliphatic carbocycles. The molecule has 3 rings (SSSR count). The van der Waals surface area contributed by atoms with Crippen LogP contribution in [0, 0.1) is 10.1 Å². The first-order valence-electron chi connectivity index (χ1n) is 8.53. The van der Waals surface area contributed by atoms with Gasteiger partial charge in [-0.2, -0.15) is 0 Å². The fourth-order valence-electron chi connectivity index (χ4n) is 2.87. The second-order valence-corrected chi connectivity index (χ2v) is 8.38. The van der Waals surface area contributed by atoms with Gasteiger partial charge in [-0.3, -0.25) is 10.1 Å². The molecule has 2 aromatic carbocycles. The average Bonchev–Trinajstić information content (AvgIpc) is 3.02. The number of imidazole rings is 1. The predicted molar refractivity (Wildman–Crippen MR) is 104 cm³/mol. The van der Waals surface area contributed by atoms with Crippen LogP contribution in [0.5, 0.6) is 5.75 Å². The molecule has 9 nitrogen and oxygen atoms in total. The summed E-state index contributed by atoms with van der Waals surface area (Å²) in [5.74, 6) is 0.702. The molecular weight excluding hydrogens is 384 g/mol. The molecular formula is C18H20N4O5S. The van der Waals surface area contributed by atoms with Crippen molar-refractivity contribution in [2.24, 2.45) is 0 Å². The minimum Gasteiger partial charge on any atom is -0.479 e. The lowest BCUT2D eigenvalue weighted by atomic mass is 10.3. The van der Waals surface area contributed by atoms with Crippen molar-refractivity contribution >= 4 is 26.7 Å². The Labute approximate surface area is 162 Å². The molecule has 1 aromatic heterocycles. The molecule has 0 unspecified atom stereocenters. The van der Waals surface area contributed by atoms with Crippen molar-refractivity contribution in [3.63, 3.8) is 0 Å². The lowest BCUT2D eigenvalue weighted by Crippen LogP contribution is -2.22. The van der Waals surface area contributed by atoms with Crippen molar-refractivity contribution in [2.45, 2.75) is 25.0 Å². The molecule has 0 aliphatic heterocycles. The number of benzene rings is 2. The number of rotatable bonds is 7. The van der Waals surface area contributed by atoms with E-state index in [-0.39, 0.29) is 22.9 Å². The topological polar surface area (TPSA) is 108 Å². The first kappa shape index (κ1) is 19.8. The number of fused-ring (bicyclic) bond motifs is 1. The maximum Gasteiger partial charge on any atom is 0.310 e. The molecule has 28 heavy (non-hydrogen) atoms. The van der Waals surface area contributed by atoms with E-state index in [1.165, 1.54) is 38.4 Å². The Hall–Kier alpha value is -2.98. The van der Waals surface area contributed by atoms with Crippen LogP contribution in [0.3, 0.4) is 0 Å². The first-order valence-corrected chi connectivity index (χ1v) is 9.97. The molecule has 0 N–H and O–H groups in total. The molecule has 0 saturated carbocycles. The normalized spacial score (nSPS) is 11.9. The summed E-state index contributed by atoms with van der Waals surface area (Å²) in [6.07, 6.45) is 0. The molecule has 0 atom stereocenters. The molecule has 148 valence electrons. The smallest absolute Gasteiger partial charge is 0.310 e. The SMILES string of the molecule is CCn1c(COc2ccccc2[N+](=O)[O-])nc2cc(S(=O)(=O)N(C)C)ccc21. The summed E-state index contributed by atoms with van der Waals surface area (Å²) < 4.78 is 33.4. The lowest BCUT2D eigenvalue weighted by molar-refractivity contribution is -0.386. The summed E-state index contributed by atoms with van der Waals surface area (Å²) in [7, 11) is -0.634. The maximum absolute atomic E-state index is 12.4. The van der Waals surface area contributed by atoms with Crippen LogP contribution in [-0.2, 0) is 23.2 Å². The van der Waals surface area contributed by atoms with E-state index < -0.39 is 14.9 Å². The Bertz CT molecular complexity index is 1140. The quantitative estimate of drug-likeness (QED) is 0.443. The van der Waals surface area contributed by atoms with Gasteiger partial charge in [0.05, 0.1) is 20.9 Å². The van der Waals surface area contributed by atoms with Gasteiger partial charge in [0.2, 0.25) is 10.0 Å². The summed E-state index contributed by atoms with van der Waals surface area (Å²) in [5.41, 5.74) is 1.16. The number of hydrogen-bond donors (Lipinski definition) is 0. The molecule has 0 aliphatic rings. The van der Waals surface area contributed by atoms with Crippen molar-refractivity contribution in [3.05, 3.63) is 58.4 Å². The van der Waals surface area contributed by atoms with Gasteiger partial charge in [0.15, 0.2) is 5.75 Å². The summed E-state index contributed by atoms with van der Waals surface area (Å²) in [6.45, 7) is 2.54. The molecule has 0 radical (unpaired) electrons. The zero-order valence-electron chi connectivity index (χ0n) is 15.7.